The average molecular weight is 396 g/mol. The molecular formula is C13H21N2O10P. The van der Waals surface area contributed by atoms with Crippen LogP contribution in [0.3, 0.4) is 0 Å². The van der Waals surface area contributed by atoms with E-state index in [0.29, 0.717) is 0 Å². The van der Waals surface area contributed by atoms with Gasteiger partial charge in [0.2, 0.25) is 0 Å². The van der Waals surface area contributed by atoms with E-state index in [2.05, 4.69) is 9.87 Å². The molecule has 26 heavy (non-hydrogen) atoms. The van der Waals surface area contributed by atoms with E-state index < -0.39 is 49.7 Å². The van der Waals surface area contributed by atoms with E-state index in [1.807, 2.05) is 0 Å². The molecule has 0 amide bonds. The summed E-state index contributed by atoms with van der Waals surface area (Å²) in [4.78, 5) is 54.2. The van der Waals surface area contributed by atoms with Crippen LogP contribution in [0.1, 0.15) is 18.9 Å². The zero-order valence-electron chi connectivity index (χ0n) is 14.3. The van der Waals surface area contributed by atoms with Crippen molar-refractivity contribution >= 4 is 7.82 Å². The van der Waals surface area contributed by atoms with Crippen molar-refractivity contribution in [3.05, 3.63) is 32.6 Å². The first kappa shape index (κ1) is 20.9. The van der Waals surface area contributed by atoms with Crippen LogP contribution in [-0.2, 0) is 29.3 Å². The summed E-state index contributed by atoms with van der Waals surface area (Å²) in [6, 6.07) is 0. The molecule has 1 aromatic heterocycles. The summed E-state index contributed by atoms with van der Waals surface area (Å²) in [5.41, 5.74) is -2.89. The number of aliphatic hydroxyl groups excluding tert-OH is 1. The van der Waals surface area contributed by atoms with Crippen molar-refractivity contribution < 1.29 is 38.5 Å². The number of hydrogen-bond donors (Lipinski definition) is 4. The van der Waals surface area contributed by atoms with Gasteiger partial charge in [0.25, 0.3) is 5.56 Å². The maximum absolute atomic E-state index is 12.4. The SMILES string of the molecule is CC[C@@]1(n2cc(C)c(=O)[nH]c2=O)O[C@H](CO)[C@@H](OP(=O)(O)O)[C@H]1OOC. The summed E-state index contributed by atoms with van der Waals surface area (Å²) >= 11 is 0. The number of nitrogens with one attached hydrogen (secondary N) is 1. The Bertz CT molecular complexity index is 801. The molecule has 1 saturated heterocycles. The van der Waals surface area contributed by atoms with Crippen LogP contribution in [0.4, 0.5) is 0 Å². The zero-order valence-corrected chi connectivity index (χ0v) is 15.2. The third-order valence-corrected chi connectivity index (χ3v) is 4.66. The molecule has 0 saturated carbocycles. The molecule has 4 N–H and O–H groups in total. The van der Waals surface area contributed by atoms with Gasteiger partial charge in [-0.1, -0.05) is 6.92 Å². The van der Waals surface area contributed by atoms with E-state index >= 15 is 0 Å². The number of ether oxygens (including phenoxy) is 1. The second kappa shape index (κ2) is 7.71. The zero-order chi connectivity index (χ0) is 19.7. The van der Waals surface area contributed by atoms with E-state index in [1.165, 1.54) is 13.1 Å². The van der Waals surface area contributed by atoms with Gasteiger partial charge in [-0.15, -0.1) is 0 Å². The fourth-order valence-corrected chi connectivity index (χ4v) is 3.56. The van der Waals surface area contributed by atoms with E-state index in [9.17, 15) is 19.3 Å². The van der Waals surface area contributed by atoms with E-state index in [1.54, 1.807) is 6.92 Å². The number of aromatic nitrogens is 2. The molecular weight excluding hydrogens is 375 g/mol. The van der Waals surface area contributed by atoms with Gasteiger partial charge in [-0.2, -0.15) is 0 Å². The quantitative estimate of drug-likeness (QED) is 0.247. The molecule has 12 nitrogen and oxygen atoms in total. The van der Waals surface area contributed by atoms with Gasteiger partial charge < -0.3 is 19.6 Å². The topological polar surface area (TPSA) is 170 Å². The number of H-pyrrole nitrogens is 1. The van der Waals surface area contributed by atoms with Crippen LogP contribution in [0.25, 0.3) is 0 Å². The van der Waals surface area contributed by atoms with Crippen molar-refractivity contribution in [3.8, 4) is 0 Å². The Hall–Kier alpha value is -1.37. The predicted octanol–water partition coefficient (Wildman–Crippen LogP) is -1.28. The van der Waals surface area contributed by atoms with Gasteiger partial charge in [0.15, 0.2) is 11.8 Å². The molecule has 1 aromatic rings. The lowest BCUT2D eigenvalue weighted by molar-refractivity contribution is -0.345. The van der Waals surface area contributed by atoms with Gasteiger partial charge >= 0.3 is 13.5 Å². The highest BCUT2D eigenvalue weighted by molar-refractivity contribution is 7.46. The van der Waals surface area contributed by atoms with Gasteiger partial charge in [0.05, 0.1) is 13.7 Å². The first-order valence-electron chi connectivity index (χ1n) is 7.64. The van der Waals surface area contributed by atoms with Gasteiger partial charge in [-0.25, -0.2) is 19.1 Å². The Labute approximate surface area is 147 Å². The minimum Gasteiger partial charge on any atom is -0.394 e. The average Bonchev–Trinajstić information content (AvgIpc) is 2.84. The Balaban J connectivity index is 2.65. The van der Waals surface area contributed by atoms with Crippen LogP contribution in [0, 0.1) is 6.92 Å². The van der Waals surface area contributed by atoms with Crippen molar-refractivity contribution in [3.63, 3.8) is 0 Å². The molecule has 2 rings (SSSR count). The predicted molar refractivity (Wildman–Crippen MR) is 85.1 cm³/mol. The second-order valence-corrected chi connectivity index (χ2v) is 6.91. The first-order valence-corrected chi connectivity index (χ1v) is 9.17. The highest BCUT2D eigenvalue weighted by atomic mass is 31.2. The van der Waals surface area contributed by atoms with E-state index in [0.717, 1.165) is 11.7 Å². The Morgan fingerprint density at radius 1 is 1.42 bits per heavy atom. The van der Waals surface area contributed by atoms with Crippen molar-refractivity contribution in [1.82, 2.24) is 9.55 Å². The third-order valence-electron chi connectivity index (χ3n) is 4.14. The fourth-order valence-electron chi connectivity index (χ4n) is 3.00. The number of aliphatic hydroxyl groups is 1. The minimum absolute atomic E-state index is 0.0595. The Kier molecular flexibility index (Phi) is 6.20. The molecule has 2 heterocycles. The fraction of sp³-hybridized carbons (Fsp3) is 0.692. The molecule has 1 fully saturated rings. The molecule has 148 valence electrons. The largest absolute Gasteiger partial charge is 0.470 e. The van der Waals surface area contributed by atoms with Crippen molar-refractivity contribution in [2.24, 2.45) is 0 Å². The van der Waals surface area contributed by atoms with Crippen LogP contribution < -0.4 is 11.2 Å². The smallest absolute Gasteiger partial charge is 0.394 e. The van der Waals surface area contributed by atoms with Crippen molar-refractivity contribution in [2.45, 2.75) is 44.3 Å². The molecule has 0 unspecified atom stereocenters. The minimum atomic E-state index is -4.99. The molecule has 0 aromatic carbocycles. The van der Waals surface area contributed by atoms with Crippen LogP contribution in [0.5, 0.6) is 0 Å². The normalized spacial score (nSPS) is 29.2. The number of nitrogens with zero attached hydrogens (tertiary/aromatic N) is 1. The maximum atomic E-state index is 12.4. The second-order valence-electron chi connectivity index (χ2n) is 5.72. The molecule has 13 heteroatoms. The molecule has 1 aliphatic rings. The molecule has 4 atom stereocenters. The lowest BCUT2D eigenvalue weighted by Crippen LogP contribution is -2.52. The molecule has 1 aliphatic heterocycles. The van der Waals surface area contributed by atoms with Crippen molar-refractivity contribution in [1.29, 1.82) is 0 Å². The van der Waals surface area contributed by atoms with Crippen molar-refractivity contribution in [2.75, 3.05) is 13.7 Å². The standard InChI is InChI=1S/C13H21N2O10P/c1-4-13(15-5-7(2)11(17)14-12(15)18)10(24-22-3)9(8(6-16)23-13)25-26(19,20)21/h5,8-10,16H,4,6H2,1-3H3,(H,14,17,18)(H2,19,20,21)/t8-,9-,10-,13-/m1/s1. The summed E-state index contributed by atoms with van der Waals surface area (Å²) in [5, 5.41) is 9.56. The lowest BCUT2D eigenvalue weighted by atomic mass is 9.99. The van der Waals surface area contributed by atoms with Crippen LogP contribution in [-0.4, -0.2) is 56.5 Å². The van der Waals surface area contributed by atoms with Gasteiger partial charge in [0.1, 0.15) is 12.2 Å². The van der Waals surface area contributed by atoms with Gasteiger partial charge in [-0.3, -0.25) is 18.9 Å². The molecule has 0 radical (unpaired) electrons. The van der Waals surface area contributed by atoms with Gasteiger partial charge in [-0.05, 0) is 13.3 Å². The summed E-state index contributed by atoms with van der Waals surface area (Å²) in [7, 11) is -3.83. The molecule has 0 bridgehead atoms. The maximum Gasteiger partial charge on any atom is 0.470 e. The number of phosphoric ester groups is 1. The summed E-state index contributed by atoms with van der Waals surface area (Å²) in [6.07, 6.45) is -2.75. The Morgan fingerprint density at radius 3 is 2.58 bits per heavy atom. The number of rotatable bonds is 7. The number of hydrogen-bond acceptors (Lipinski definition) is 8. The number of aryl methyl sites for hydroxylation is 1. The molecule has 0 aliphatic carbocycles. The number of phosphoric acid groups is 1. The number of aromatic amines is 1. The van der Waals surface area contributed by atoms with E-state index in [4.69, 9.17) is 23.9 Å². The monoisotopic (exact) mass is 396 g/mol. The first-order chi connectivity index (χ1) is 12.1. The van der Waals surface area contributed by atoms with E-state index in [-0.39, 0.29) is 12.0 Å². The highest BCUT2D eigenvalue weighted by Crippen LogP contribution is 2.47. The van der Waals surface area contributed by atoms with Crippen LogP contribution >= 0.6 is 7.82 Å². The lowest BCUT2D eigenvalue weighted by Gasteiger charge is -2.34. The molecule has 0 spiro atoms. The highest BCUT2D eigenvalue weighted by Gasteiger charge is 2.59. The summed E-state index contributed by atoms with van der Waals surface area (Å²) in [6.45, 7) is 2.41. The summed E-state index contributed by atoms with van der Waals surface area (Å²) in [5.74, 6) is 0. The Morgan fingerprint density at radius 2 is 2.08 bits per heavy atom. The van der Waals surface area contributed by atoms with Crippen LogP contribution in [0.2, 0.25) is 0 Å². The van der Waals surface area contributed by atoms with Gasteiger partial charge in [0, 0.05) is 11.8 Å². The van der Waals surface area contributed by atoms with Crippen LogP contribution in [0.15, 0.2) is 15.8 Å². The third kappa shape index (κ3) is 3.82. The summed E-state index contributed by atoms with van der Waals surface area (Å²) < 4.78 is 22.8.